The van der Waals surface area contributed by atoms with Crippen LogP contribution in [-0.4, -0.2) is 35.7 Å². The summed E-state index contributed by atoms with van der Waals surface area (Å²) in [6, 6.07) is 15.2. The second kappa shape index (κ2) is 10.1. The quantitative estimate of drug-likeness (QED) is 0.637. The number of amidine groups is 2. The van der Waals surface area contributed by atoms with Gasteiger partial charge in [0.05, 0.1) is 6.61 Å². The standard InChI is InChI=1S/C26H27N3O3/c1-19(2)13-15-31-21-9-7-10-22(16-21)32-18-25(30)28-26-23-11-4-3-8-20(23)17-29-14-6-5-12-24(29)27-26/h3-12,14,16,19H,13,15,17-18H2,1-2H3. The number of fused-ring (bicyclic) bond motifs is 2. The van der Waals surface area contributed by atoms with Crippen molar-refractivity contribution in [2.24, 2.45) is 15.9 Å². The van der Waals surface area contributed by atoms with Gasteiger partial charge in [-0.1, -0.05) is 50.3 Å². The summed E-state index contributed by atoms with van der Waals surface area (Å²) in [4.78, 5) is 23.6. The van der Waals surface area contributed by atoms with Crippen LogP contribution in [0.3, 0.4) is 0 Å². The normalized spacial score (nSPS) is 15.8. The molecule has 2 aromatic rings. The highest BCUT2D eigenvalue weighted by molar-refractivity contribution is 6.14. The lowest BCUT2D eigenvalue weighted by atomic mass is 10.1. The highest BCUT2D eigenvalue weighted by Gasteiger charge is 2.20. The van der Waals surface area contributed by atoms with Crippen molar-refractivity contribution in [1.29, 1.82) is 0 Å². The van der Waals surface area contributed by atoms with Gasteiger partial charge in [0.2, 0.25) is 0 Å². The van der Waals surface area contributed by atoms with Crippen LogP contribution in [0, 0.1) is 5.92 Å². The molecule has 2 heterocycles. The molecule has 164 valence electrons. The van der Waals surface area contributed by atoms with Crippen molar-refractivity contribution >= 4 is 17.6 Å². The molecular weight excluding hydrogens is 402 g/mol. The summed E-state index contributed by atoms with van der Waals surface area (Å²) >= 11 is 0. The second-order valence-electron chi connectivity index (χ2n) is 8.08. The molecule has 0 saturated carbocycles. The van der Waals surface area contributed by atoms with Crippen LogP contribution < -0.4 is 9.47 Å². The van der Waals surface area contributed by atoms with Gasteiger partial charge in [-0.3, -0.25) is 4.79 Å². The number of ether oxygens (including phenoxy) is 2. The minimum absolute atomic E-state index is 0.175. The van der Waals surface area contributed by atoms with Crippen LogP contribution in [0.1, 0.15) is 31.4 Å². The summed E-state index contributed by atoms with van der Waals surface area (Å²) in [5, 5.41) is 0. The van der Waals surface area contributed by atoms with Crippen molar-refractivity contribution in [2.75, 3.05) is 13.2 Å². The van der Waals surface area contributed by atoms with Crippen LogP contribution in [0.25, 0.3) is 0 Å². The van der Waals surface area contributed by atoms with Gasteiger partial charge in [0.15, 0.2) is 12.4 Å². The van der Waals surface area contributed by atoms with E-state index in [4.69, 9.17) is 9.47 Å². The van der Waals surface area contributed by atoms with Gasteiger partial charge >= 0.3 is 0 Å². The number of nitrogens with zero attached hydrogens (tertiary/aromatic N) is 3. The molecule has 0 saturated heterocycles. The van der Waals surface area contributed by atoms with Crippen molar-refractivity contribution < 1.29 is 14.3 Å². The van der Waals surface area contributed by atoms with Crippen LogP contribution in [0.2, 0.25) is 0 Å². The molecule has 4 rings (SSSR count). The summed E-state index contributed by atoms with van der Waals surface area (Å²) in [7, 11) is 0. The van der Waals surface area contributed by atoms with E-state index in [0.29, 0.717) is 30.7 Å². The first kappa shape index (κ1) is 21.6. The number of rotatable bonds is 7. The van der Waals surface area contributed by atoms with Crippen molar-refractivity contribution in [1.82, 2.24) is 4.90 Å². The van der Waals surface area contributed by atoms with E-state index in [-0.39, 0.29) is 6.61 Å². The Hall–Kier alpha value is -3.67. The predicted molar refractivity (Wildman–Crippen MR) is 126 cm³/mol. The molecule has 6 nitrogen and oxygen atoms in total. The SMILES string of the molecule is CC(C)CCOc1cccc(OCC(=O)N=C2N=C3C=CC=CN3Cc3ccccc32)c1. The zero-order valence-electron chi connectivity index (χ0n) is 18.4. The molecule has 0 N–H and O–H groups in total. The van der Waals surface area contributed by atoms with Crippen LogP contribution in [0.15, 0.2) is 82.9 Å². The van der Waals surface area contributed by atoms with Crippen LogP contribution in [0.5, 0.6) is 11.5 Å². The Morgan fingerprint density at radius 2 is 1.91 bits per heavy atom. The van der Waals surface area contributed by atoms with E-state index in [9.17, 15) is 4.79 Å². The third-order valence-electron chi connectivity index (χ3n) is 5.10. The zero-order valence-corrected chi connectivity index (χ0v) is 18.4. The van der Waals surface area contributed by atoms with Crippen molar-refractivity contribution in [2.45, 2.75) is 26.8 Å². The number of allylic oxidation sites excluding steroid dienone is 2. The smallest absolute Gasteiger partial charge is 0.285 e. The Bertz CT molecular complexity index is 1100. The number of carbonyl (C=O) groups is 1. The lowest BCUT2D eigenvalue weighted by Crippen LogP contribution is -2.24. The van der Waals surface area contributed by atoms with E-state index in [1.807, 2.05) is 65.7 Å². The van der Waals surface area contributed by atoms with E-state index in [1.165, 1.54) is 0 Å². The maximum atomic E-state index is 12.6. The lowest BCUT2D eigenvalue weighted by molar-refractivity contribution is -0.119. The first-order valence-electron chi connectivity index (χ1n) is 10.8. The van der Waals surface area contributed by atoms with Gasteiger partial charge in [0.1, 0.15) is 17.3 Å². The summed E-state index contributed by atoms with van der Waals surface area (Å²) < 4.78 is 11.4. The van der Waals surface area contributed by atoms with Gasteiger partial charge in [-0.15, -0.1) is 0 Å². The molecular formula is C26H27N3O3. The molecule has 2 aliphatic heterocycles. The summed E-state index contributed by atoms with van der Waals surface area (Å²) in [6.07, 6.45) is 8.74. The molecule has 0 spiro atoms. The average Bonchev–Trinajstić information content (AvgIpc) is 2.94. The number of aliphatic imine (C=N–C) groups is 2. The third kappa shape index (κ3) is 5.52. The molecule has 0 aliphatic carbocycles. The lowest BCUT2D eigenvalue weighted by Gasteiger charge is -2.20. The highest BCUT2D eigenvalue weighted by Crippen LogP contribution is 2.22. The monoisotopic (exact) mass is 429 g/mol. The molecule has 6 heteroatoms. The van der Waals surface area contributed by atoms with Gasteiger partial charge in [-0.2, -0.15) is 4.99 Å². The fraction of sp³-hybridized carbons (Fsp3) is 0.269. The number of benzene rings is 2. The van der Waals surface area contributed by atoms with Crippen molar-refractivity contribution in [3.63, 3.8) is 0 Å². The fourth-order valence-corrected chi connectivity index (χ4v) is 3.38. The molecule has 0 bridgehead atoms. The topological polar surface area (TPSA) is 63.5 Å². The Labute approximate surface area is 188 Å². The Kier molecular flexibility index (Phi) is 6.80. The molecule has 2 aliphatic rings. The maximum absolute atomic E-state index is 12.6. The second-order valence-corrected chi connectivity index (χ2v) is 8.08. The Morgan fingerprint density at radius 3 is 2.75 bits per heavy atom. The van der Waals surface area contributed by atoms with Crippen molar-refractivity contribution in [3.05, 3.63) is 84.1 Å². The predicted octanol–water partition coefficient (Wildman–Crippen LogP) is 4.76. The van der Waals surface area contributed by atoms with E-state index in [1.54, 1.807) is 12.1 Å². The summed E-state index contributed by atoms with van der Waals surface area (Å²) in [5.41, 5.74) is 1.91. The molecule has 0 fully saturated rings. The number of hydrogen-bond acceptors (Lipinski definition) is 4. The van der Waals surface area contributed by atoms with E-state index in [2.05, 4.69) is 23.8 Å². The van der Waals surface area contributed by atoms with Crippen LogP contribution in [0.4, 0.5) is 0 Å². The first-order valence-corrected chi connectivity index (χ1v) is 10.8. The van der Waals surface area contributed by atoms with E-state index >= 15 is 0 Å². The molecule has 0 radical (unpaired) electrons. The fourth-order valence-electron chi connectivity index (χ4n) is 3.38. The molecule has 0 aromatic heterocycles. The summed E-state index contributed by atoms with van der Waals surface area (Å²) in [5.74, 6) is 2.63. The molecule has 0 atom stereocenters. The molecule has 0 unspecified atom stereocenters. The van der Waals surface area contributed by atoms with E-state index < -0.39 is 5.91 Å². The first-order chi connectivity index (χ1) is 15.6. The highest BCUT2D eigenvalue weighted by atomic mass is 16.5. The number of amides is 1. The largest absolute Gasteiger partial charge is 0.493 e. The van der Waals surface area contributed by atoms with Gasteiger partial charge in [0, 0.05) is 24.4 Å². The zero-order chi connectivity index (χ0) is 22.3. The number of carbonyl (C=O) groups excluding carboxylic acids is 1. The maximum Gasteiger partial charge on any atom is 0.285 e. The molecule has 2 aromatic carbocycles. The molecule has 1 amide bonds. The third-order valence-corrected chi connectivity index (χ3v) is 5.10. The Morgan fingerprint density at radius 1 is 1.09 bits per heavy atom. The average molecular weight is 430 g/mol. The van der Waals surface area contributed by atoms with Gasteiger partial charge in [-0.25, -0.2) is 4.99 Å². The summed E-state index contributed by atoms with van der Waals surface area (Å²) in [6.45, 7) is 5.46. The Balaban J connectivity index is 1.46. The van der Waals surface area contributed by atoms with Gasteiger partial charge in [0.25, 0.3) is 5.91 Å². The minimum Gasteiger partial charge on any atom is -0.493 e. The number of hydrogen-bond donors (Lipinski definition) is 0. The minimum atomic E-state index is -0.394. The van der Waals surface area contributed by atoms with Gasteiger partial charge < -0.3 is 14.4 Å². The van der Waals surface area contributed by atoms with Crippen LogP contribution >= 0.6 is 0 Å². The van der Waals surface area contributed by atoms with Crippen LogP contribution in [-0.2, 0) is 11.3 Å². The van der Waals surface area contributed by atoms with E-state index in [0.717, 1.165) is 29.1 Å². The van der Waals surface area contributed by atoms with Gasteiger partial charge in [-0.05, 0) is 42.2 Å². The molecule has 32 heavy (non-hydrogen) atoms. The van der Waals surface area contributed by atoms with Crippen molar-refractivity contribution in [3.8, 4) is 11.5 Å².